The van der Waals surface area contributed by atoms with E-state index in [2.05, 4.69) is 10.6 Å². The zero-order valence-corrected chi connectivity index (χ0v) is 10.9. The monoisotopic (exact) mass is 251 g/mol. The van der Waals surface area contributed by atoms with Gasteiger partial charge in [-0.2, -0.15) is 0 Å². The second kappa shape index (κ2) is 6.86. The zero-order chi connectivity index (χ0) is 13.5. The highest BCUT2D eigenvalue weighted by Gasteiger charge is 2.12. The SMILES string of the molecule is CNC(=O)c1ccc(N)cc1NC(C)CCCO. The molecule has 100 valence electrons. The van der Waals surface area contributed by atoms with Crippen LogP contribution in [0.3, 0.4) is 0 Å². The predicted octanol–water partition coefficient (Wildman–Crippen LogP) is 1.20. The van der Waals surface area contributed by atoms with Crippen molar-refractivity contribution in [2.24, 2.45) is 0 Å². The number of nitrogen functional groups attached to an aromatic ring is 1. The van der Waals surface area contributed by atoms with Gasteiger partial charge in [-0.1, -0.05) is 0 Å². The number of hydrogen-bond donors (Lipinski definition) is 4. The van der Waals surface area contributed by atoms with E-state index in [1.165, 1.54) is 0 Å². The Hall–Kier alpha value is -1.75. The molecule has 0 bridgehead atoms. The number of benzene rings is 1. The van der Waals surface area contributed by atoms with Crippen molar-refractivity contribution in [2.45, 2.75) is 25.8 Å². The largest absolute Gasteiger partial charge is 0.399 e. The van der Waals surface area contributed by atoms with E-state index >= 15 is 0 Å². The Kier molecular flexibility index (Phi) is 5.45. The van der Waals surface area contributed by atoms with Crippen LogP contribution in [0.15, 0.2) is 18.2 Å². The maximum absolute atomic E-state index is 11.7. The highest BCUT2D eigenvalue weighted by atomic mass is 16.2. The Morgan fingerprint density at radius 3 is 2.83 bits per heavy atom. The minimum absolute atomic E-state index is 0.146. The summed E-state index contributed by atoms with van der Waals surface area (Å²) in [6, 6.07) is 5.33. The molecular formula is C13H21N3O2. The highest BCUT2D eigenvalue weighted by molar-refractivity contribution is 6.00. The quantitative estimate of drug-likeness (QED) is 0.572. The first-order valence-corrected chi connectivity index (χ1v) is 6.07. The first kappa shape index (κ1) is 14.3. The van der Waals surface area contributed by atoms with E-state index in [0.29, 0.717) is 11.3 Å². The molecule has 0 radical (unpaired) electrons. The Morgan fingerprint density at radius 2 is 2.22 bits per heavy atom. The van der Waals surface area contributed by atoms with E-state index in [1.54, 1.807) is 25.2 Å². The van der Waals surface area contributed by atoms with Crippen LogP contribution in [0.25, 0.3) is 0 Å². The van der Waals surface area contributed by atoms with Crippen LogP contribution in [0.5, 0.6) is 0 Å². The molecule has 1 rings (SSSR count). The molecule has 0 aliphatic carbocycles. The van der Waals surface area contributed by atoms with Crippen molar-refractivity contribution in [3.63, 3.8) is 0 Å². The van der Waals surface area contributed by atoms with Gasteiger partial charge in [0, 0.05) is 31.1 Å². The molecule has 0 fully saturated rings. The number of amides is 1. The molecule has 1 unspecified atom stereocenters. The fraction of sp³-hybridized carbons (Fsp3) is 0.462. The standard InChI is InChI=1S/C13H21N3O2/c1-9(4-3-7-17)16-12-8-10(14)5-6-11(12)13(18)15-2/h5-6,8-9,16-17H,3-4,7,14H2,1-2H3,(H,15,18). The maximum Gasteiger partial charge on any atom is 0.253 e. The fourth-order valence-electron chi connectivity index (χ4n) is 1.75. The van der Waals surface area contributed by atoms with Crippen LogP contribution in [-0.2, 0) is 0 Å². The van der Waals surface area contributed by atoms with Gasteiger partial charge in [-0.05, 0) is 38.0 Å². The van der Waals surface area contributed by atoms with Crippen LogP contribution < -0.4 is 16.4 Å². The zero-order valence-electron chi connectivity index (χ0n) is 10.9. The third-order valence-corrected chi connectivity index (χ3v) is 2.71. The summed E-state index contributed by atoms with van der Waals surface area (Å²) in [7, 11) is 1.59. The maximum atomic E-state index is 11.7. The Balaban J connectivity index is 2.85. The number of carbonyl (C=O) groups is 1. The van der Waals surface area contributed by atoms with Crippen molar-refractivity contribution in [3.8, 4) is 0 Å². The van der Waals surface area contributed by atoms with E-state index in [-0.39, 0.29) is 18.6 Å². The number of anilines is 2. The Bertz CT molecular complexity index is 407. The summed E-state index contributed by atoms with van der Waals surface area (Å²) in [5, 5.41) is 14.6. The van der Waals surface area contributed by atoms with Gasteiger partial charge in [0.15, 0.2) is 0 Å². The van der Waals surface area contributed by atoms with Gasteiger partial charge >= 0.3 is 0 Å². The van der Waals surface area contributed by atoms with Crippen LogP contribution in [0.1, 0.15) is 30.1 Å². The Morgan fingerprint density at radius 1 is 1.50 bits per heavy atom. The second-order valence-electron chi connectivity index (χ2n) is 4.30. The lowest BCUT2D eigenvalue weighted by molar-refractivity contribution is 0.0964. The van der Waals surface area contributed by atoms with Crippen molar-refractivity contribution in [2.75, 3.05) is 24.7 Å². The van der Waals surface area contributed by atoms with Crippen molar-refractivity contribution < 1.29 is 9.90 Å². The number of aliphatic hydroxyl groups excluding tert-OH is 1. The highest BCUT2D eigenvalue weighted by Crippen LogP contribution is 2.21. The average molecular weight is 251 g/mol. The lowest BCUT2D eigenvalue weighted by Gasteiger charge is -2.17. The van der Waals surface area contributed by atoms with Gasteiger partial charge in [0.05, 0.1) is 5.56 Å². The summed E-state index contributed by atoms with van der Waals surface area (Å²) in [5.74, 6) is -0.146. The third-order valence-electron chi connectivity index (χ3n) is 2.71. The number of rotatable bonds is 6. The molecule has 5 nitrogen and oxygen atoms in total. The predicted molar refractivity (Wildman–Crippen MR) is 73.6 cm³/mol. The summed E-state index contributed by atoms with van der Waals surface area (Å²) >= 11 is 0. The smallest absolute Gasteiger partial charge is 0.253 e. The molecule has 0 aliphatic rings. The number of nitrogens with two attached hydrogens (primary N) is 1. The Labute approximate surface area is 107 Å². The third kappa shape index (κ3) is 3.92. The van der Waals surface area contributed by atoms with E-state index in [0.717, 1.165) is 18.5 Å². The molecule has 0 spiro atoms. The molecule has 1 atom stereocenters. The van der Waals surface area contributed by atoms with E-state index in [1.807, 2.05) is 6.92 Å². The van der Waals surface area contributed by atoms with Crippen molar-refractivity contribution in [1.82, 2.24) is 5.32 Å². The minimum atomic E-state index is -0.146. The van der Waals surface area contributed by atoms with Crippen molar-refractivity contribution in [1.29, 1.82) is 0 Å². The first-order valence-electron chi connectivity index (χ1n) is 6.07. The molecule has 1 aromatic carbocycles. The van der Waals surface area contributed by atoms with Crippen LogP contribution in [0, 0.1) is 0 Å². The molecule has 5 heteroatoms. The van der Waals surface area contributed by atoms with Gasteiger partial charge < -0.3 is 21.5 Å². The molecule has 1 amide bonds. The van der Waals surface area contributed by atoms with E-state index in [9.17, 15) is 4.79 Å². The molecule has 0 aliphatic heterocycles. The summed E-state index contributed by atoms with van der Waals surface area (Å²) < 4.78 is 0. The lowest BCUT2D eigenvalue weighted by Crippen LogP contribution is -2.22. The minimum Gasteiger partial charge on any atom is -0.399 e. The lowest BCUT2D eigenvalue weighted by atomic mass is 10.1. The van der Waals surface area contributed by atoms with Gasteiger partial charge in [0.25, 0.3) is 5.91 Å². The number of carbonyl (C=O) groups excluding carboxylic acids is 1. The van der Waals surface area contributed by atoms with Crippen LogP contribution in [0.4, 0.5) is 11.4 Å². The molecule has 0 aromatic heterocycles. The summed E-state index contributed by atoms with van der Waals surface area (Å²) in [6.45, 7) is 2.18. The van der Waals surface area contributed by atoms with Crippen LogP contribution in [-0.4, -0.2) is 30.7 Å². The number of hydrogen-bond acceptors (Lipinski definition) is 4. The van der Waals surface area contributed by atoms with E-state index < -0.39 is 0 Å². The van der Waals surface area contributed by atoms with Crippen molar-refractivity contribution in [3.05, 3.63) is 23.8 Å². The topological polar surface area (TPSA) is 87.4 Å². The molecular weight excluding hydrogens is 230 g/mol. The first-order chi connectivity index (χ1) is 8.58. The molecule has 0 heterocycles. The summed E-state index contributed by atoms with van der Waals surface area (Å²) in [6.07, 6.45) is 1.56. The normalized spacial score (nSPS) is 11.9. The average Bonchev–Trinajstić information content (AvgIpc) is 2.35. The summed E-state index contributed by atoms with van der Waals surface area (Å²) in [5.41, 5.74) is 7.64. The van der Waals surface area contributed by atoms with Gasteiger partial charge in [0.1, 0.15) is 0 Å². The van der Waals surface area contributed by atoms with Gasteiger partial charge in [-0.3, -0.25) is 4.79 Å². The van der Waals surface area contributed by atoms with Crippen LogP contribution in [0.2, 0.25) is 0 Å². The van der Waals surface area contributed by atoms with Gasteiger partial charge in [0.2, 0.25) is 0 Å². The molecule has 18 heavy (non-hydrogen) atoms. The number of aliphatic hydroxyl groups is 1. The summed E-state index contributed by atoms with van der Waals surface area (Å²) in [4.78, 5) is 11.7. The molecule has 0 saturated carbocycles. The van der Waals surface area contributed by atoms with E-state index in [4.69, 9.17) is 10.8 Å². The molecule has 1 aromatic rings. The van der Waals surface area contributed by atoms with Crippen LogP contribution >= 0.6 is 0 Å². The van der Waals surface area contributed by atoms with Gasteiger partial charge in [-0.25, -0.2) is 0 Å². The fourth-order valence-corrected chi connectivity index (χ4v) is 1.75. The molecule has 5 N–H and O–H groups in total. The van der Waals surface area contributed by atoms with Crippen molar-refractivity contribution >= 4 is 17.3 Å². The van der Waals surface area contributed by atoms with Gasteiger partial charge in [-0.15, -0.1) is 0 Å². The number of nitrogens with one attached hydrogen (secondary N) is 2. The molecule has 0 saturated heterocycles. The second-order valence-corrected chi connectivity index (χ2v) is 4.30.